The minimum absolute atomic E-state index is 0.407. The molecule has 1 aromatic rings. The Kier molecular flexibility index (Phi) is 3.06. The van der Waals surface area contributed by atoms with E-state index in [9.17, 15) is 18.0 Å². The van der Waals surface area contributed by atoms with Crippen LogP contribution in [0.4, 0.5) is 18.9 Å². The molecule has 3 nitrogen and oxygen atoms in total. The molecule has 2 rings (SSSR count). The topological polar surface area (TPSA) is 32.3 Å². The predicted molar refractivity (Wildman–Crippen MR) is 60.9 cm³/mol. The van der Waals surface area contributed by atoms with Crippen LogP contribution in [0.2, 0.25) is 0 Å². The van der Waals surface area contributed by atoms with E-state index in [-0.39, 0.29) is 0 Å². The molecule has 18 heavy (non-hydrogen) atoms. The monoisotopic (exact) mass is 258 g/mol. The number of nitrogens with one attached hydrogen (secondary N) is 1. The third-order valence-corrected chi connectivity index (χ3v) is 2.96. The fourth-order valence-electron chi connectivity index (χ4n) is 2.02. The second-order valence-electron chi connectivity index (χ2n) is 4.42. The molecule has 98 valence electrons. The quantitative estimate of drug-likeness (QED) is 0.838. The number of alkyl halides is 3. The average molecular weight is 258 g/mol. The number of hydrazine groups is 1. The molecule has 0 aliphatic carbocycles. The van der Waals surface area contributed by atoms with Crippen molar-refractivity contribution in [3.63, 3.8) is 0 Å². The molecule has 1 amide bonds. The van der Waals surface area contributed by atoms with Gasteiger partial charge in [0.2, 0.25) is 0 Å². The number of amides is 1. The molecular formula is C12H13F3N2O. The highest BCUT2D eigenvalue weighted by atomic mass is 19.4. The molecule has 1 heterocycles. The van der Waals surface area contributed by atoms with Crippen molar-refractivity contribution in [3.05, 3.63) is 29.3 Å². The van der Waals surface area contributed by atoms with Crippen LogP contribution < -0.4 is 10.4 Å². The van der Waals surface area contributed by atoms with E-state index in [1.807, 2.05) is 13.0 Å². The van der Waals surface area contributed by atoms with E-state index in [0.717, 1.165) is 16.1 Å². The summed E-state index contributed by atoms with van der Waals surface area (Å²) >= 11 is 0. The van der Waals surface area contributed by atoms with Crippen LogP contribution in [0.3, 0.4) is 0 Å². The van der Waals surface area contributed by atoms with Gasteiger partial charge >= 0.3 is 6.18 Å². The van der Waals surface area contributed by atoms with Crippen molar-refractivity contribution in [1.29, 1.82) is 0 Å². The van der Waals surface area contributed by atoms with Crippen molar-refractivity contribution in [2.45, 2.75) is 20.0 Å². The Balaban J connectivity index is 2.29. The van der Waals surface area contributed by atoms with Gasteiger partial charge in [0.1, 0.15) is 5.92 Å². The van der Waals surface area contributed by atoms with Gasteiger partial charge in [0.05, 0.1) is 5.69 Å². The minimum Gasteiger partial charge on any atom is -0.272 e. The molecule has 1 N–H and O–H groups in total. The lowest BCUT2D eigenvalue weighted by Gasteiger charge is -2.19. The molecule has 0 radical (unpaired) electrons. The Hall–Kier alpha value is -1.56. The number of benzene rings is 1. The molecule has 1 fully saturated rings. The van der Waals surface area contributed by atoms with Crippen LogP contribution in [-0.4, -0.2) is 18.6 Å². The maximum atomic E-state index is 12.6. The molecule has 0 saturated carbocycles. The summed E-state index contributed by atoms with van der Waals surface area (Å²) in [7, 11) is 0. The maximum absolute atomic E-state index is 12.6. The highest BCUT2D eigenvalue weighted by molar-refractivity contribution is 5.97. The molecule has 1 saturated heterocycles. The number of hydrogen-bond donors (Lipinski definition) is 1. The Bertz CT molecular complexity index is 485. The van der Waals surface area contributed by atoms with Gasteiger partial charge in [-0.2, -0.15) is 13.2 Å². The van der Waals surface area contributed by atoms with E-state index in [1.54, 1.807) is 19.1 Å². The van der Waals surface area contributed by atoms with E-state index in [4.69, 9.17) is 0 Å². The summed E-state index contributed by atoms with van der Waals surface area (Å²) in [5.74, 6) is -2.91. The van der Waals surface area contributed by atoms with Crippen molar-refractivity contribution in [2.24, 2.45) is 5.92 Å². The molecule has 1 aliphatic rings. The summed E-state index contributed by atoms with van der Waals surface area (Å²) in [4.78, 5) is 11.7. The first kappa shape index (κ1) is 12.9. The summed E-state index contributed by atoms with van der Waals surface area (Å²) in [6.07, 6.45) is -4.50. The van der Waals surface area contributed by atoms with Crippen LogP contribution in [0.1, 0.15) is 11.1 Å². The van der Waals surface area contributed by atoms with Crippen molar-refractivity contribution in [2.75, 3.05) is 11.6 Å². The molecule has 0 spiro atoms. The van der Waals surface area contributed by atoms with E-state index >= 15 is 0 Å². The van der Waals surface area contributed by atoms with Crippen LogP contribution in [0.15, 0.2) is 18.2 Å². The van der Waals surface area contributed by atoms with Crippen LogP contribution in [0.5, 0.6) is 0 Å². The first-order valence-electron chi connectivity index (χ1n) is 5.52. The number of hydrogen-bond acceptors (Lipinski definition) is 2. The fraction of sp³-hybridized carbons (Fsp3) is 0.417. The molecule has 0 aromatic heterocycles. The number of nitrogens with zero attached hydrogens (tertiary/aromatic N) is 1. The molecule has 0 bridgehead atoms. The molecule has 6 heteroatoms. The van der Waals surface area contributed by atoms with E-state index in [2.05, 4.69) is 5.43 Å². The van der Waals surface area contributed by atoms with Crippen molar-refractivity contribution < 1.29 is 18.0 Å². The van der Waals surface area contributed by atoms with Gasteiger partial charge in [0.25, 0.3) is 5.91 Å². The standard InChI is InChI=1S/C12H13F3N2O/c1-7-3-4-10(8(2)5-7)17-11(18)9(6-16-17)12(13,14)15/h3-5,9,16H,6H2,1-2H3. The van der Waals surface area contributed by atoms with Gasteiger partial charge < -0.3 is 0 Å². The van der Waals surface area contributed by atoms with Crippen molar-refractivity contribution in [1.82, 2.24) is 5.43 Å². The normalized spacial score (nSPS) is 20.6. The Morgan fingerprint density at radius 2 is 2.00 bits per heavy atom. The van der Waals surface area contributed by atoms with Gasteiger partial charge in [-0.05, 0) is 25.5 Å². The summed E-state index contributed by atoms with van der Waals surface area (Å²) in [6.45, 7) is 3.24. The molecule has 1 unspecified atom stereocenters. The maximum Gasteiger partial charge on any atom is 0.401 e. The highest BCUT2D eigenvalue weighted by Gasteiger charge is 2.50. The summed E-state index contributed by atoms with van der Waals surface area (Å²) < 4.78 is 37.7. The zero-order valence-electron chi connectivity index (χ0n) is 10.0. The summed E-state index contributed by atoms with van der Waals surface area (Å²) in [5, 5.41) is 0.993. The smallest absolute Gasteiger partial charge is 0.272 e. The average Bonchev–Trinajstić information content (AvgIpc) is 2.60. The third kappa shape index (κ3) is 2.20. The second-order valence-corrected chi connectivity index (χ2v) is 4.42. The van der Waals surface area contributed by atoms with E-state index in [0.29, 0.717) is 5.69 Å². The van der Waals surface area contributed by atoms with Crippen molar-refractivity contribution >= 4 is 11.6 Å². The van der Waals surface area contributed by atoms with Gasteiger partial charge in [-0.3, -0.25) is 4.79 Å². The van der Waals surface area contributed by atoms with Gasteiger partial charge in [-0.1, -0.05) is 17.7 Å². The molecule has 1 atom stereocenters. The number of halogens is 3. The van der Waals surface area contributed by atoms with Crippen molar-refractivity contribution in [3.8, 4) is 0 Å². The lowest BCUT2D eigenvalue weighted by Crippen LogP contribution is -2.37. The van der Waals surface area contributed by atoms with Gasteiger partial charge in [-0.25, -0.2) is 10.4 Å². The Labute approximate surface area is 103 Å². The number of carbonyl (C=O) groups excluding carboxylic acids is 1. The Morgan fingerprint density at radius 1 is 1.33 bits per heavy atom. The number of carbonyl (C=O) groups is 1. The lowest BCUT2D eigenvalue weighted by atomic mass is 10.1. The number of rotatable bonds is 1. The van der Waals surface area contributed by atoms with E-state index < -0.39 is 24.5 Å². The summed E-state index contributed by atoms with van der Waals surface area (Å²) in [5.41, 5.74) is 4.73. The van der Waals surface area contributed by atoms with Gasteiger partial charge in [-0.15, -0.1) is 0 Å². The molecule has 1 aliphatic heterocycles. The highest BCUT2D eigenvalue weighted by Crippen LogP contribution is 2.32. The zero-order valence-corrected chi connectivity index (χ0v) is 10.0. The van der Waals surface area contributed by atoms with Crippen LogP contribution >= 0.6 is 0 Å². The predicted octanol–water partition coefficient (Wildman–Crippen LogP) is 2.33. The minimum atomic E-state index is -4.50. The van der Waals surface area contributed by atoms with Crippen LogP contribution in [0.25, 0.3) is 0 Å². The molecular weight excluding hydrogens is 245 g/mol. The number of aryl methyl sites for hydroxylation is 2. The van der Waals surface area contributed by atoms with Crippen LogP contribution in [0, 0.1) is 19.8 Å². The van der Waals surface area contributed by atoms with E-state index in [1.165, 1.54) is 0 Å². The number of anilines is 1. The first-order valence-corrected chi connectivity index (χ1v) is 5.52. The Morgan fingerprint density at radius 3 is 2.50 bits per heavy atom. The lowest BCUT2D eigenvalue weighted by molar-refractivity contribution is -0.174. The summed E-state index contributed by atoms with van der Waals surface area (Å²) in [6, 6.07) is 5.23. The zero-order chi connectivity index (χ0) is 13.5. The second kappa shape index (κ2) is 4.28. The third-order valence-electron chi connectivity index (χ3n) is 2.96. The van der Waals surface area contributed by atoms with Gasteiger partial charge in [0, 0.05) is 6.54 Å². The first-order chi connectivity index (χ1) is 8.30. The SMILES string of the molecule is Cc1ccc(N2NCC(C(F)(F)F)C2=O)c(C)c1. The molecule has 1 aromatic carbocycles. The fourth-order valence-corrected chi connectivity index (χ4v) is 2.02. The largest absolute Gasteiger partial charge is 0.401 e. The van der Waals surface area contributed by atoms with Gasteiger partial charge in [0.15, 0.2) is 0 Å². The van der Waals surface area contributed by atoms with Crippen LogP contribution in [-0.2, 0) is 4.79 Å².